The highest BCUT2D eigenvalue weighted by atomic mass is 33.1. The summed E-state index contributed by atoms with van der Waals surface area (Å²) in [5.41, 5.74) is 6.29. The molecule has 0 aliphatic carbocycles. The summed E-state index contributed by atoms with van der Waals surface area (Å²) in [4.78, 5) is 13.1. The van der Waals surface area contributed by atoms with E-state index in [1.54, 1.807) is 21.6 Å². The zero-order valence-electron chi connectivity index (χ0n) is 18.1. The van der Waals surface area contributed by atoms with Gasteiger partial charge in [-0.1, -0.05) is 33.7 Å². The van der Waals surface area contributed by atoms with Crippen LogP contribution in [-0.4, -0.2) is 82.9 Å². The molecule has 0 bridgehead atoms. The SMILES string of the molecule is NCCOCCOCCOCCNC(=O)Cc1ccc(SSCOCCCCO)cc1. The molecular weight excluding hydrogens is 440 g/mol. The molecule has 0 aromatic heterocycles. The van der Waals surface area contributed by atoms with Gasteiger partial charge in [0.05, 0.1) is 46.1 Å². The van der Waals surface area contributed by atoms with Crippen LogP contribution in [0, 0.1) is 0 Å². The molecule has 0 unspecified atom stereocenters. The van der Waals surface area contributed by atoms with Gasteiger partial charge in [-0.2, -0.15) is 0 Å². The van der Waals surface area contributed by atoms with Gasteiger partial charge in [0, 0.05) is 31.2 Å². The predicted octanol–water partition coefficient (Wildman–Crippen LogP) is 1.84. The van der Waals surface area contributed by atoms with E-state index < -0.39 is 0 Å². The van der Waals surface area contributed by atoms with Gasteiger partial charge in [0.2, 0.25) is 5.91 Å². The van der Waals surface area contributed by atoms with Crippen LogP contribution in [0.25, 0.3) is 0 Å². The highest BCUT2D eigenvalue weighted by Gasteiger charge is 2.04. The largest absolute Gasteiger partial charge is 0.396 e. The molecule has 10 heteroatoms. The summed E-state index contributed by atoms with van der Waals surface area (Å²) in [6, 6.07) is 7.96. The first kappa shape index (κ1) is 28.2. The molecule has 0 aliphatic rings. The quantitative estimate of drug-likeness (QED) is 0.139. The van der Waals surface area contributed by atoms with Gasteiger partial charge >= 0.3 is 0 Å². The van der Waals surface area contributed by atoms with Crippen molar-refractivity contribution in [2.75, 3.05) is 71.9 Å². The lowest BCUT2D eigenvalue weighted by atomic mass is 10.1. The highest BCUT2D eigenvalue weighted by molar-refractivity contribution is 8.76. The molecule has 0 spiro atoms. The van der Waals surface area contributed by atoms with Crippen molar-refractivity contribution in [3.8, 4) is 0 Å². The molecule has 1 aromatic rings. The molecule has 1 rings (SSSR count). The van der Waals surface area contributed by atoms with Gasteiger partial charge in [-0.05, 0) is 30.5 Å². The second kappa shape index (κ2) is 21.0. The molecule has 31 heavy (non-hydrogen) atoms. The first-order chi connectivity index (χ1) is 15.3. The van der Waals surface area contributed by atoms with Crippen molar-refractivity contribution in [3.63, 3.8) is 0 Å². The van der Waals surface area contributed by atoms with Crippen molar-refractivity contribution in [3.05, 3.63) is 29.8 Å². The van der Waals surface area contributed by atoms with E-state index in [2.05, 4.69) is 5.32 Å². The van der Waals surface area contributed by atoms with E-state index in [0.717, 1.165) is 23.3 Å². The number of unbranched alkanes of at least 4 members (excludes halogenated alkanes) is 1. The van der Waals surface area contributed by atoms with Crippen LogP contribution in [0.2, 0.25) is 0 Å². The molecular formula is C21H36N2O6S2. The lowest BCUT2D eigenvalue weighted by Crippen LogP contribution is -2.29. The van der Waals surface area contributed by atoms with Gasteiger partial charge < -0.3 is 35.1 Å². The van der Waals surface area contributed by atoms with Gasteiger partial charge in [-0.15, -0.1) is 0 Å². The Labute approximate surface area is 193 Å². The number of aliphatic hydroxyl groups excluding tert-OH is 1. The number of rotatable bonds is 21. The number of hydrogen-bond donors (Lipinski definition) is 3. The molecule has 178 valence electrons. The normalized spacial score (nSPS) is 11.0. The van der Waals surface area contributed by atoms with Crippen LogP contribution in [0.1, 0.15) is 18.4 Å². The third-order valence-corrected chi connectivity index (χ3v) is 5.91. The van der Waals surface area contributed by atoms with E-state index in [4.69, 9.17) is 29.8 Å². The molecule has 0 radical (unpaired) electrons. The van der Waals surface area contributed by atoms with Crippen LogP contribution in [0.3, 0.4) is 0 Å². The number of nitrogens with two attached hydrogens (primary N) is 1. The number of carbonyl (C=O) groups is 1. The van der Waals surface area contributed by atoms with Gasteiger partial charge in [0.15, 0.2) is 0 Å². The first-order valence-electron chi connectivity index (χ1n) is 10.5. The van der Waals surface area contributed by atoms with Gasteiger partial charge in [0.1, 0.15) is 5.94 Å². The van der Waals surface area contributed by atoms with Crippen LogP contribution >= 0.6 is 21.6 Å². The molecule has 1 amide bonds. The Hall–Kier alpha value is -0.850. The predicted molar refractivity (Wildman–Crippen MR) is 125 cm³/mol. The Bertz CT molecular complexity index is 551. The maximum absolute atomic E-state index is 12.0. The van der Waals surface area contributed by atoms with Crippen LogP contribution in [0.15, 0.2) is 29.2 Å². The van der Waals surface area contributed by atoms with Crippen LogP contribution in [0.5, 0.6) is 0 Å². The number of amides is 1. The summed E-state index contributed by atoms with van der Waals surface area (Å²) in [5.74, 6) is 0.584. The maximum atomic E-state index is 12.0. The van der Waals surface area contributed by atoms with E-state index in [9.17, 15) is 4.79 Å². The molecule has 8 nitrogen and oxygen atoms in total. The fourth-order valence-corrected chi connectivity index (χ4v) is 4.01. The van der Waals surface area contributed by atoms with Gasteiger partial charge in [0.25, 0.3) is 0 Å². The third kappa shape index (κ3) is 17.4. The molecule has 1 aromatic carbocycles. The average molecular weight is 477 g/mol. The highest BCUT2D eigenvalue weighted by Crippen LogP contribution is 2.31. The average Bonchev–Trinajstić information content (AvgIpc) is 2.78. The number of ether oxygens (including phenoxy) is 4. The van der Waals surface area contributed by atoms with Crippen molar-refractivity contribution in [1.29, 1.82) is 0 Å². The fraction of sp³-hybridized carbons (Fsp3) is 0.667. The summed E-state index contributed by atoms with van der Waals surface area (Å²) in [6.07, 6.45) is 2.00. The number of aliphatic hydroxyl groups is 1. The van der Waals surface area contributed by atoms with Crippen LogP contribution < -0.4 is 11.1 Å². The van der Waals surface area contributed by atoms with Crippen molar-refractivity contribution < 1.29 is 28.8 Å². The Balaban J connectivity index is 1.99. The second-order valence-corrected chi connectivity index (χ2v) is 8.77. The monoisotopic (exact) mass is 476 g/mol. The zero-order valence-corrected chi connectivity index (χ0v) is 19.7. The summed E-state index contributed by atoms with van der Waals surface area (Å²) >= 11 is 0. The van der Waals surface area contributed by atoms with Crippen molar-refractivity contribution in [1.82, 2.24) is 5.32 Å². The minimum absolute atomic E-state index is 0.0250. The minimum atomic E-state index is -0.0250. The number of benzene rings is 1. The standard InChI is InChI=1S/C21H36N2O6S2/c22-7-11-26-13-15-28-16-14-27-12-8-23-21(25)17-19-3-5-20(6-4-19)31-30-18-29-10-2-1-9-24/h3-6,24H,1-2,7-18,22H2,(H,23,25). The molecule has 0 aliphatic heterocycles. The summed E-state index contributed by atoms with van der Waals surface area (Å²) in [7, 11) is 3.27. The molecule has 0 heterocycles. The lowest BCUT2D eigenvalue weighted by Gasteiger charge is -2.08. The smallest absolute Gasteiger partial charge is 0.224 e. The summed E-state index contributed by atoms with van der Waals surface area (Å²) in [6.45, 7) is 4.91. The Morgan fingerprint density at radius 2 is 1.58 bits per heavy atom. The number of nitrogens with one attached hydrogen (secondary N) is 1. The van der Waals surface area contributed by atoms with Gasteiger partial charge in [-0.3, -0.25) is 4.79 Å². The molecule has 0 saturated carbocycles. The topological polar surface area (TPSA) is 112 Å². The van der Waals surface area contributed by atoms with Crippen molar-refractivity contribution >= 4 is 27.5 Å². The third-order valence-electron chi connectivity index (χ3n) is 3.85. The Morgan fingerprint density at radius 1 is 0.903 bits per heavy atom. The molecule has 0 atom stereocenters. The zero-order chi connectivity index (χ0) is 22.4. The van der Waals surface area contributed by atoms with E-state index in [-0.39, 0.29) is 12.5 Å². The minimum Gasteiger partial charge on any atom is -0.396 e. The van der Waals surface area contributed by atoms with E-state index >= 15 is 0 Å². The second-order valence-electron chi connectivity index (χ2n) is 6.45. The summed E-state index contributed by atoms with van der Waals surface area (Å²) < 4.78 is 21.4. The van der Waals surface area contributed by atoms with Gasteiger partial charge in [-0.25, -0.2) is 0 Å². The number of carbonyl (C=O) groups excluding carboxylic acids is 1. The van der Waals surface area contributed by atoms with E-state index in [0.29, 0.717) is 71.7 Å². The summed E-state index contributed by atoms with van der Waals surface area (Å²) in [5, 5.41) is 11.6. The maximum Gasteiger partial charge on any atom is 0.224 e. The molecule has 0 saturated heterocycles. The van der Waals surface area contributed by atoms with Crippen LogP contribution in [-0.2, 0) is 30.2 Å². The van der Waals surface area contributed by atoms with E-state index in [1.165, 1.54) is 0 Å². The first-order valence-corrected chi connectivity index (χ1v) is 12.8. The fourth-order valence-electron chi connectivity index (χ4n) is 2.30. The van der Waals surface area contributed by atoms with Crippen molar-refractivity contribution in [2.45, 2.75) is 24.2 Å². The Morgan fingerprint density at radius 3 is 2.26 bits per heavy atom. The lowest BCUT2D eigenvalue weighted by molar-refractivity contribution is -0.120. The number of hydrogen-bond acceptors (Lipinski definition) is 9. The van der Waals surface area contributed by atoms with E-state index in [1.807, 2.05) is 24.3 Å². The molecule has 4 N–H and O–H groups in total. The van der Waals surface area contributed by atoms with Crippen molar-refractivity contribution in [2.24, 2.45) is 5.73 Å². The molecule has 0 fully saturated rings. The Kier molecular flexibility index (Phi) is 19.1. The van der Waals surface area contributed by atoms with Crippen LogP contribution in [0.4, 0.5) is 0 Å².